The molecule has 1 aromatic rings. The van der Waals surface area contributed by atoms with Crippen LogP contribution >= 0.6 is 15.9 Å². The van der Waals surface area contributed by atoms with Crippen molar-refractivity contribution < 1.29 is 17.9 Å². The van der Waals surface area contributed by atoms with Crippen molar-refractivity contribution in [1.29, 1.82) is 0 Å². The van der Waals surface area contributed by atoms with Gasteiger partial charge in [0.1, 0.15) is 10.4 Å². The lowest BCUT2D eigenvalue weighted by Crippen LogP contribution is -2.17. The maximum Gasteiger partial charge on any atom is 0.573 e. The molecule has 1 rings (SSSR count). The standard InChI is InChI=1S/C6H3BrF3NO.C2H6/c7-5-2-1-4(3-11-5)12-6(8,9)10;1-2/h1-3H;1-2H3. The first-order valence-electron chi connectivity index (χ1n) is 3.85. The Kier molecular flexibility index (Phi) is 5.52. The summed E-state index contributed by atoms with van der Waals surface area (Å²) in [7, 11) is 0. The van der Waals surface area contributed by atoms with Crippen LogP contribution in [0.15, 0.2) is 22.9 Å². The van der Waals surface area contributed by atoms with Gasteiger partial charge in [0.2, 0.25) is 0 Å². The molecule has 0 radical (unpaired) electrons. The SMILES string of the molecule is CC.FC(F)(F)Oc1ccc(Br)nc1. The molecule has 0 bridgehead atoms. The van der Waals surface area contributed by atoms with Crippen LogP contribution in [-0.2, 0) is 0 Å². The van der Waals surface area contributed by atoms with Crippen LogP contribution in [-0.4, -0.2) is 11.3 Å². The number of aromatic nitrogens is 1. The largest absolute Gasteiger partial charge is 0.573 e. The number of hydrogen-bond donors (Lipinski definition) is 0. The second-order valence-electron chi connectivity index (χ2n) is 1.86. The highest BCUT2D eigenvalue weighted by molar-refractivity contribution is 9.10. The van der Waals surface area contributed by atoms with E-state index in [1.54, 1.807) is 0 Å². The molecule has 14 heavy (non-hydrogen) atoms. The summed E-state index contributed by atoms with van der Waals surface area (Å²) < 4.78 is 38.8. The van der Waals surface area contributed by atoms with Gasteiger partial charge in [0, 0.05) is 0 Å². The minimum absolute atomic E-state index is 0.328. The number of alkyl halides is 3. The second-order valence-corrected chi connectivity index (χ2v) is 2.68. The van der Waals surface area contributed by atoms with Crippen LogP contribution in [0.5, 0.6) is 5.75 Å². The Morgan fingerprint density at radius 3 is 2.21 bits per heavy atom. The summed E-state index contributed by atoms with van der Waals surface area (Å²) in [4.78, 5) is 3.55. The Labute approximate surface area is 88.2 Å². The molecule has 0 spiro atoms. The quantitative estimate of drug-likeness (QED) is 0.726. The second kappa shape index (κ2) is 5.85. The van der Waals surface area contributed by atoms with E-state index in [2.05, 4.69) is 25.7 Å². The van der Waals surface area contributed by atoms with Gasteiger partial charge in [0.05, 0.1) is 6.20 Å². The average molecular weight is 272 g/mol. The lowest BCUT2D eigenvalue weighted by atomic mass is 10.5. The first-order chi connectivity index (χ1) is 6.47. The van der Waals surface area contributed by atoms with Crippen LogP contribution in [0.1, 0.15) is 13.8 Å². The van der Waals surface area contributed by atoms with Gasteiger partial charge in [-0.15, -0.1) is 13.2 Å². The number of halogens is 4. The van der Waals surface area contributed by atoms with Crippen molar-refractivity contribution in [3.63, 3.8) is 0 Å². The number of hydrogen-bond acceptors (Lipinski definition) is 2. The van der Waals surface area contributed by atoms with E-state index >= 15 is 0 Å². The lowest BCUT2D eigenvalue weighted by molar-refractivity contribution is -0.274. The zero-order valence-corrected chi connectivity index (χ0v) is 9.19. The Morgan fingerprint density at radius 1 is 1.29 bits per heavy atom. The minimum atomic E-state index is -4.66. The average Bonchev–Trinajstić information content (AvgIpc) is 2.10. The molecule has 80 valence electrons. The monoisotopic (exact) mass is 271 g/mol. The van der Waals surface area contributed by atoms with Crippen molar-refractivity contribution in [2.45, 2.75) is 20.2 Å². The van der Waals surface area contributed by atoms with Gasteiger partial charge in [-0.2, -0.15) is 0 Å². The van der Waals surface area contributed by atoms with Gasteiger partial charge in [-0.25, -0.2) is 4.98 Å². The third kappa shape index (κ3) is 5.80. The molecule has 0 aromatic carbocycles. The molecule has 0 atom stereocenters. The molecular weight excluding hydrogens is 263 g/mol. The highest BCUT2D eigenvalue weighted by Gasteiger charge is 2.31. The fourth-order valence-electron chi connectivity index (χ4n) is 0.556. The highest BCUT2D eigenvalue weighted by Crippen LogP contribution is 2.22. The third-order valence-corrected chi connectivity index (χ3v) is 1.40. The van der Waals surface area contributed by atoms with Crippen LogP contribution in [0.3, 0.4) is 0 Å². The zero-order valence-electron chi connectivity index (χ0n) is 7.60. The smallest absolute Gasteiger partial charge is 0.404 e. The predicted octanol–water partition coefficient (Wildman–Crippen LogP) is 3.77. The Hall–Kier alpha value is -0.780. The van der Waals surface area contributed by atoms with E-state index in [0.29, 0.717) is 4.60 Å². The normalized spacial score (nSPS) is 10.1. The summed E-state index contributed by atoms with van der Waals surface area (Å²) in [6.45, 7) is 4.00. The summed E-state index contributed by atoms with van der Waals surface area (Å²) in [5.41, 5.74) is 0. The molecular formula is C8H9BrF3NO. The van der Waals surface area contributed by atoms with Crippen LogP contribution in [0, 0.1) is 0 Å². The van der Waals surface area contributed by atoms with Crippen molar-refractivity contribution >= 4 is 15.9 Å². The van der Waals surface area contributed by atoms with E-state index in [9.17, 15) is 13.2 Å². The molecule has 0 N–H and O–H groups in total. The molecule has 0 fully saturated rings. The number of ether oxygens (including phenoxy) is 1. The molecule has 2 nitrogen and oxygen atoms in total. The van der Waals surface area contributed by atoms with E-state index in [-0.39, 0.29) is 5.75 Å². The Bertz CT molecular complexity index is 260. The predicted molar refractivity (Wildman–Crippen MR) is 50.0 cm³/mol. The molecule has 0 saturated carbocycles. The molecule has 0 aliphatic rings. The molecule has 1 aromatic heterocycles. The van der Waals surface area contributed by atoms with Crippen molar-refractivity contribution in [3.8, 4) is 5.75 Å². The number of nitrogens with zero attached hydrogens (tertiary/aromatic N) is 1. The van der Waals surface area contributed by atoms with E-state index in [1.165, 1.54) is 12.1 Å². The molecule has 0 aliphatic heterocycles. The summed E-state index contributed by atoms with van der Waals surface area (Å²) in [5.74, 6) is -0.328. The maximum absolute atomic E-state index is 11.6. The van der Waals surface area contributed by atoms with Gasteiger partial charge in [-0.05, 0) is 28.1 Å². The number of rotatable bonds is 1. The van der Waals surface area contributed by atoms with Gasteiger partial charge >= 0.3 is 6.36 Å². The van der Waals surface area contributed by atoms with E-state index in [4.69, 9.17) is 0 Å². The van der Waals surface area contributed by atoms with Gasteiger partial charge in [0.15, 0.2) is 0 Å². The van der Waals surface area contributed by atoms with Gasteiger partial charge in [-0.1, -0.05) is 13.8 Å². The highest BCUT2D eigenvalue weighted by atomic mass is 79.9. The van der Waals surface area contributed by atoms with Gasteiger partial charge in [-0.3, -0.25) is 0 Å². The molecule has 1 heterocycles. The van der Waals surface area contributed by atoms with Crippen molar-refractivity contribution in [3.05, 3.63) is 22.9 Å². The van der Waals surface area contributed by atoms with Crippen LogP contribution in [0.2, 0.25) is 0 Å². The van der Waals surface area contributed by atoms with Crippen molar-refractivity contribution in [1.82, 2.24) is 4.98 Å². The van der Waals surface area contributed by atoms with E-state index < -0.39 is 6.36 Å². The van der Waals surface area contributed by atoms with E-state index in [0.717, 1.165) is 6.20 Å². The fourth-order valence-corrected chi connectivity index (χ4v) is 0.791. The topological polar surface area (TPSA) is 22.1 Å². The van der Waals surface area contributed by atoms with Crippen molar-refractivity contribution in [2.75, 3.05) is 0 Å². The van der Waals surface area contributed by atoms with Crippen LogP contribution in [0.25, 0.3) is 0 Å². The summed E-state index contributed by atoms with van der Waals surface area (Å²) in [5, 5.41) is 0. The first-order valence-corrected chi connectivity index (χ1v) is 4.64. The summed E-state index contributed by atoms with van der Waals surface area (Å²) in [6, 6.07) is 2.53. The maximum atomic E-state index is 11.6. The molecule has 0 aliphatic carbocycles. The minimum Gasteiger partial charge on any atom is -0.404 e. The van der Waals surface area contributed by atoms with Crippen LogP contribution < -0.4 is 4.74 Å². The van der Waals surface area contributed by atoms with E-state index in [1.807, 2.05) is 13.8 Å². The zero-order chi connectivity index (χ0) is 11.2. The third-order valence-electron chi connectivity index (χ3n) is 0.934. The Balaban J connectivity index is 0.000000791. The molecule has 0 unspecified atom stereocenters. The molecule has 0 saturated heterocycles. The summed E-state index contributed by atoms with van der Waals surface area (Å²) >= 11 is 2.98. The number of pyridine rings is 1. The van der Waals surface area contributed by atoms with Gasteiger partial charge < -0.3 is 4.74 Å². The first kappa shape index (κ1) is 13.2. The lowest BCUT2D eigenvalue weighted by Gasteiger charge is -2.07. The fraction of sp³-hybridized carbons (Fsp3) is 0.375. The van der Waals surface area contributed by atoms with Crippen LogP contribution in [0.4, 0.5) is 13.2 Å². The van der Waals surface area contributed by atoms with Gasteiger partial charge in [0.25, 0.3) is 0 Å². The summed E-state index contributed by atoms with van der Waals surface area (Å²) in [6.07, 6.45) is -3.67. The van der Waals surface area contributed by atoms with Crippen molar-refractivity contribution in [2.24, 2.45) is 0 Å². The Morgan fingerprint density at radius 2 is 1.86 bits per heavy atom. The molecule has 0 amide bonds. The molecule has 6 heteroatoms.